The van der Waals surface area contributed by atoms with Gasteiger partial charge in [-0.15, -0.1) is 0 Å². The summed E-state index contributed by atoms with van der Waals surface area (Å²) in [5.41, 5.74) is -4.64. The molecule has 0 radical (unpaired) electrons. The van der Waals surface area contributed by atoms with Crippen molar-refractivity contribution < 1.29 is 41.0 Å². The summed E-state index contributed by atoms with van der Waals surface area (Å²) in [5, 5.41) is 16.3. The van der Waals surface area contributed by atoms with Gasteiger partial charge >= 0.3 is 10.1 Å². The van der Waals surface area contributed by atoms with Gasteiger partial charge in [-0.1, -0.05) is 24.3 Å². The maximum Gasteiger partial charge on any atom is 0.433 e. The van der Waals surface area contributed by atoms with Gasteiger partial charge in [-0.05, 0) is 44.0 Å². The van der Waals surface area contributed by atoms with E-state index >= 15 is 0 Å². The van der Waals surface area contributed by atoms with E-state index in [0.717, 1.165) is 40.8 Å². The zero-order chi connectivity index (χ0) is 31.3. The van der Waals surface area contributed by atoms with E-state index in [1.165, 1.54) is 23.2 Å². The fraction of sp³-hybridized carbons (Fsp3) is 0.286. The molecular formula is C28H22F6IN5O3. The lowest BCUT2D eigenvalue weighted by Crippen LogP contribution is -2.60. The van der Waals surface area contributed by atoms with Crippen LogP contribution in [0.4, 0.5) is 32.0 Å². The van der Waals surface area contributed by atoms with Crippen LogP contribution in [0.3, 0.4) is 0 Å². The smallest absolute Gasteiger partial charge is 0.433 e. The second-order valence-corrected chi connectivity index (χ2v) is 11.5. The van der Waals surface area contributed by atoms with Crippen LogP contribution in [0, 0.1) is 5.82 Å². The molecule has 0 unspecified atom stereocenters. The van der Waals surface area contributed by atoms with Crippen molar-refractivity contribution in [3.05, 3.63) is 88.8 Å². The zero-order valence-electron chi connectivity index (χ0n) is 22.2. The number of hydrogen-bond donors (Lipinski definition) is 2. The van der Waals surface area contributed by atoms with Crippen molar-refractivity contribution in [1.82, 2.24) is 20.0 Å². The number of aromatic nitrogens is 2. The number of benzene rings is 2. The van der Waals surface area contributed by atoms with Gasteiger partial charge in [0.1, 0.15) is 29.2 Å². The molecule has 0 bridgehead atoms. The summed E-state index contributed by atoms with van der Waals surface area (Å²) in [4.78, 5) is 34.3. The van der Waals surface area contributed by atoms with Crippen LogP contribution >= 0.6 is 22.6 Å². The lowest BCUT2D eigenvalue weighted by atomic mass is 9.90. The van der Waals surface area contributed by atoms with Gasteiger partial charge in [0.05, 0.1) is 23.5 Å². The fourth-order valence-electron chi connectivity index (χ4n) is 5.22. The first kappa shape index (κ1) is 30.7. The summed E-state index contributed by atoms with van der Waals surface area (Å²) in [6.07, 6.45) is -3.38. The highest BCUT2D eigenvalue weighted by molar-refractivity contribution is 14.1. The van der Waals surface area contributed by atoms with E-state index in [9.17, 15) is 41.0 Å². The second-order valence-electron chi connectivity index (χ2n) is 10.2. The Hall–Kier alpha value is -3.73. The van der Waals surface area contributed by atoms with Gasteiger partial charge in [-0.3, -0.25) is 14.6 Å². The molecule has 1 fully saturated rings. The molecule has 3 heterocycles. The third kappa shape index (κ3) is 5.79. The van der Waals surface area contributed by atoms with E-state index in [4.69, 9.17) is 0 Å². The molecule has 15 heteroatoms. The minimum atomic E-state index is -4.87. The molecule has 2 aliphatic rings. The summed E-state index contributed by atoms with van der Waals surface area (Å²) in [6, 6.07) is 9.15. The SMILES string of the molecule is C[C@]12CCCN1N(Cc1ccccc1F)C(=O)C(C(=O)Nc1ccc(C(F)(F)I)cc1-c1cc(C(F)(F)F)ncn1)=C2O. The third-order valence-electron chi connectivity index (χ3n) is 7.42. The largest absolute Gasteiger partial charge is 0.509 e. The minimum Gasteiger partial charge on any atom is -0.509 e. The van der Waals surface area contributed by atoms with E-state index in [-0.39, 0.29) is 23.4 Å². The Labute approximate surface area is 254 Å². The number of aliphatic hydroxyl groups is 1. The molecule has 2 aliphatic heterocycles. The maximum absolute atomic E-state index is 14.5. The van der Waals surface area contributed by atoms with Crippen LogP contribution in [0.1, 0.15) is 36.6 Å². The van der Waals surface area contributed by atoms with E-state index < -0.39 is 61.6 Å². The highest BCUT2D eigenvalue weighted by Crippen LogP contribution is 2.43. The summed E-state index contributed by atoms with van der Waals surface area (Å²) < 4.78 is 79.6. The van der Waals surface area contributed by atoms with E-state index in [2.05, 4.69) is 15.3 Å². The Morgan fingerprint density at radius 3 is 2.51 bits per heavy atom. The Balaban J connectivity index is 1.56. The predicted octanol–water partition coefficient (Wildman–Crippen LogP) is 6.35. The molecule has 3 aromatic rings. The summed E-state index contributed by atoms with van der Waals surface area (Å²) >= 11 is 0.849. The average Bonchev–Trinajstić information content (AvgIpc) is 3.34. The van der Waals surface area contributed by atoms with E-state index in [1.54, 1.807) is 18.0 Å². The first-order valence-electron chi connectivity index (χ1n) is 12.8. The summed E-state index contributed by atoms with van der Waals surface area (Å²) in [6.45, 7) is 1.70. The van der Waals surface area contributed by atoms with Gasteiger partial charge in [-0.25, -0.2) is 19.4 Å². The highest BCUT2D eigenvalue weighted by atomic mass is 127. The number of nitrogens with zero attached hydrogens (tertiary/aromatic N) is 4. The number of carbonyl (C=O) groups excluding carboxylic acids is 2. The van der Waals surface area contributed by atoms with E-state index in [1.807, 2.05) is 0 Å². The number of hydrogen-bond acceptors (Lipinski definition) is 6. The van der Waals surface area contributed by atoms with Crippen LogP contribution in [0.15, 0.2) is 66.2 Å². The quantitative estimate of drug-likeness (QED) is 0.134. The van der Waals surface area contributed by atoms with Crippen molar-refractivity contribution in [2.24, 2.45) is 0 Å². The molecule has 0 saturated carbocycles. The number of alkyl halides is 6. The monoisotopic (exact) mass is 717 g/mol. The molecule has 8 nitrogen and oxygen atoms in total. The topological polar surface area (TPSA) is 98.7 Å². The lowest BCUT2D eigenvalue weighted by molar-refractivity contribution is -0.160. The minimum absolute atomic E-state index is 0.160. The van der Waals surface area contributed by atoms with Crippen molar-refractivity contribution in [2.45, 2.75) is 42.0 Å². The van der Waals surface area contributed by atoms with Crippen molar-refractivity contribution in [3.8, 4) is 11.3 Å². The van der Waals surface area contributed by atoms with E-state index in [0.29, 0.717) is 31.8 Å². The zero-order valence-corrected chi connectivity index (χ0v) is 24.4. The van der Waals surface area contributed by atoms with Crippen LogP contribution in [0.5, 0.6) is 0 Å². The highest BCUT2D eigenvalue weighted by Gasteiger charge is 2.52. The average molecular weight is 717 g/mol. The van der Waals surface area contributed by atoms with Crippen LogP contribution in [-0.2, 0) is 26.2 Å². The van der Waals surface area contributed by atoms with Crippen LogP contribution in [0.2, 0.25) is 0 Å². The standard InChI is InChI=1S/C28H22F6IN5O3/c1-26-9-4-10-40(26)39(13-15-5-2-3-6-18(15)29)25(43)22(23(26)41)24(42)38-19-8-7-16(28(33,34)35)11-17(19)20-12-21(27(30,31)32)37-14-36-20/h2-3,5-8,11-12,14,41H,4,9-10,13H2,1H3,(H,38,42)/t26-/m1/s1. The Morgan fingerprint density at radius 2 is 1.84 bits per heavy atom. The number of rotatable bonds is 6. The molecule has 0 spiro atoms. The van der Waals surface area contributed by atoms with Crippen molar-refractivity contribution in [2.75, 3.05) is 11.9 Å². The molecule has 1 saturated heterocycles. The molecule has 43 heavy (non-hydrogen) atoms. The predicted molar refractivity (Wildman–Crippen MR) is 150 cm³/mol. The van der Waals surface area contributed by atoms with Gasteiger partial charge in [0.15, 0.2) is 0 Å². The molecule has 2 amide bonds. The normalized spacial score (nSPS) is 19.5. The van der Waals surface area contributed by atoms with Crippen LogP contribution in [0.25, 0.3) is 11.3 Å². The van der Waals surface area contributed by atoms with Crippen LogP contribution < -0.4 is 5.32 Å². The Morgan fingerprint density at radius 1 is 1.12 bits per heavy atom. The Kier molecular flexibility index (Phi) is 7.91. The van der Waals surface area contributed by atoms with Crippen LogP contribution in [-0.4, -0.2) is 49.0 Å². The van der Waals surface area contributed by atoms with Gasteiger partial charge in [0, 0.05) is 45.8 Å². The molecular weight excluding hydrogens is 695 g/mol. The fourth-order valence-corrected chi connectivity index (χ4v) is 5.56. The van der Waals surface area contributed by atoms with Crippen molar-refractivity contribution in [3.63, 3.8) is 0 Å². The van der Waals surface area contributed by atoms with Gasteiger partial charge in [-0.2, -0.15) is 22.0 Å². The molecule has 226 valence electrons. The molecule has 2 aromatic carbocycles. The van der Waals surface area contributed by atoms with Crippen molar-refractivity contribution in [1.29, 1.82) is 0 Å². The molecule has 1 aromatic heterocycles. The van der Waals surface area contributed by atoms with Gasteiger partial charge in [0.2, 0.25) is 0 Å². The first-order valence-corrected chi connectivity index (χ1v) is 13.9. The number of aliphatic hydroxyl groups excluding tert-OH is 1. The lowest BCUT2D eigenvalue weighted by Gasteiger charge is -2.46. The number of hydrazine groups is 1. The first-order chi connectivity index (χ1) is 20.1. The maximum atomic E-state index is 14.5. The third-order valence-corrected chi connectivity index (χ3v) is 8.05. The number of anilines is 1. The number of nitrogens with one attached hydrogen (secondary N) is 1. The summed E-state index contributed by atoms with van der Waals surface area (Å²) in [7, 11) is 0. The molecule has 5 rings (SSSR count). The number of halogens is 7. The molecule has 0 aliphatic carbocycles. The number of fused-ring (bicyclic) bond motifs is 1. The number of amides is 2. The number of carbonyl (C=O) groups is 2. The summed E-state index contributed by atoms with van der Waals surface area (Å²) in [5.74, 6) is -3.22. The van der Waals surface area contributed by atoms with Gasteiger partial charge < -0.3 is 10.4 Å². The van der Waals surface area contributed by atoms with Crippen molar-refractivity contribution >= 4 is 40.1 Å². The molecule has 1 atom stereocenters. The Bertz CT molecular complexity index is 1640. The molecule has 2 N–H and O–H groups in total. The second kappa shape index (κ2) is 11.1. The van der Waals surface area contributed by atoms with Gasteiger partial charge in [0.25, 0.3) is 11.8 Å².